The number of carboxylic acid groups (broad SMARTS) is 1. The van der Waals surface area contributed by atoms with Crippen molar-refractivity contribution in [1.29, 1.82) is 0 Å². The first-order valence-corrected chi connectivity index (χ1v) is 13.8. The molecule has 2 aliphatic rings. The molecule has 6 heterocycles. The summed E-state index contributed by atoms with van der Waals surface area (Å²) >= 11 is 0. The maximum atomic E-state index is 11.3. The Morgan fingerprint density at radius 2 is 1.98 bits per heavy atom. The van der Waals surface area contributed by atoms with E-state index in [-0.39, 0.29) is 6.23 Å². The first-order valence-electron chi connectivity index (χ1n) is 13.8. The second kappa shape index (κ2) is 11.6. The Morgan fingerprint density at radius 3 is 2.68 bits per heavy atom. The number of nitrogens with one attached hydrogen (secondary N) is 1. The molecule has 0 saturated carbocycles. The van der Waals surface area contributed by atoms with Crippen molar-refractivity contribution in [2.75, 3.05) is 45.2 Å². The van der Waals surface area contributed by atoms with E-state index in [2.05, 4.69) is 21.3 Å². The molecule has 2 saturated heterocycles. The van der Waals surface area contributed by atoms with Crippen LogP contribution >= 0.6 is 0 Å². The van der Waals surface area contributed by atoms with Crippen molar-refractivity contribution in [1.82, 2.24) is 39.3 Å². The summed E-state index contributed by atoms with van der Waals surface area (Å²) < 4.78 is 13.2. The molecule has 13 heteroatoms. The summed E-state index contributed by atoms with van der Waals surface area (Å²) in [7, 11) is 1.58. The van der Waals surface area contributed by atoms with Crippen molar-refractivity contribution in [2.24, 2.45) is 0 Å². The summed E-state index contributed by atoms with van der Waals surface area (Å²) in [6.07, 6.45) is 7.40. The van der Waals surface area contributed by atoms with Gasteiger partial charge in [0.05, 0.1) is 25.3 Å². The quantitative estimate of drug-likeness (QED) is 0.341. The molecule has 4 aromatic rings. The van der Waals surface area contributed by atoms with E-state index in [4.69, 9.17) is 29.4 Å². The molecular weight excluding hydrogens is 526 g/mol. The van der Waals surface area contributed by atoms with Crippen LogP contribution in [0.4, 0.5) is 16.3 Å². The van der Waals surface area contributed by atoms with Gasteiger partial charge in [-0.05, 0) is 43.9 Å². The maximum Gasteiger partial charge on any atom is 0.407 e. The number of piperazine rings is 1. The van der Waals surface area contributed by atoms with Crippen molar-refractivity contribution < 1.29 is 19.4 Å². The van der Waals surface area contributed by atoms with Crippen molar-refractivity contribution in [3.05, 3.63) is 48.3 Å². The number of pyridine rings is 2. The third-order valence-electron chi connectivity index (χ3n) is 7.46. The SMILES string of the molecule is COc1ccc(Nc2ncc(CN3CCN(C(=O)O)CC3)cc2-c2nc(C)nc3c2ncn3C2CCCCO2)cn1. The lowest BCUT2D eigenvalue weighted by atomic mass is 10.1. The molecule has 0 aliphatic carbocycles. The minimum atomic E-state index is -0.877. The summed E-state index contributed by atoms with van der Waals surface area (Å²) in [5.41, 5.74) is 4.60. The highest BCUT2D eigenvalue weighted by Gasteiger charge is 2.24. The Balaban J connectivity index is 1.38. The van der Waals surface area contributed by atoms with Crippen LogP contribution in [0, 0.1) is 6.92 Å². The van der Waals surface area contributed by atoms with Gasteiger partial charge in [0.25, 0.3) is 0 Å². The van der Waals surface area contributed by atoms with E-state index in [9.17, 15) is 9.90 Å². The van der Waals surface area contributed by atoms with Gasteiger partial charge in [-0.1, -0.05) is 0 Å². The second-order valence-corrected chi connectivity index (χ2v) is 10.3. The topological polar surface area (TPSA) is 144 Å². The molecule has 0 radical (unpaired) electrons. The van der Waals surface area contributed by atoms with Crippen molar-refractivity contribution in [3.63, 3.8) is 0 Å². The van der Waals surface area contributed by atoms with Gasteiger partial charge in [-0.25, -0.2) is 29.7 Å². The first kappa shape index (κ1) is 26.8. The highest BCUT2D eigenvalue weighted by atomic mass is 16.5. The average molecular weight is 560 g/mol. The van der Waals surface area contributed by atoms with Gasteiger partial charge in [0.15, 0.2) is 5.65 Å². The Bertz CT molecular complexity index is 1530. The molecule has 41 heavy (non-hydrogen) atoms. The molecule has 1 atom stereocenters. The Kier molecular flexibility index (Phi) is 7.61. The van der Waals surface area contributed by atoms with E-state index in [0.29, 0.717) is 61.5 Å². The van der Waals surface area contributed by atoms with E-state index in [0.717, 1.165) is 48.3 Å². The molecule has 214 valence electrons. The van der Waals surface area contributed by atoms with Crippen LogP contribution in [-0.4, -0.2) is 90.4 Å². The van der Waals surface area contributed by atoms with Gasteiger partial charge in [0, 0.05) is 57.2 Å². The van der Waals surface area contributed by atoms with Crippen molar-refractivity contribution >= 4 is 28.8 Å². The summed E-state index contributed by atoms with van der Waals surface area (Å²) in [5, 5.41) is 12.7. The fourth-order valence-corrected chi connectivity index (χ4v) is 5.31. The minimum absolute atomic E-state index is 0.104. The lowest BCUT2D eigenvalue weighted by Crippen LogP contribution is -2.47. The number of hydrogen-bond acceptors (Lipinski definition) is 10. The number of aryl methyl sites for hydroxylation is 1. The highest BCUT2D eigenvalue weighted by Crippen LogP contribution is 2.34. The van der Waals surface area contributed by atoms with Gasteiger partial charge in [-0.15, -0.1) is 0 Å². The largest absolute Gasteiger partial charge is 0.481 e. The van der Waals surface area contributed by atoms with Gasteiger partial charge >= 0.3 is 6.09 Å². The number of aromatic nitrogens is 6. The van der Waals surface area contributed by atoms with Gasteiger partial charge < -0.3 is 24.8 Å². The van der Waals surface area contributed by atoms with Crippen molar-refractivity contribution in [2.45, 2.75) is 39.0 Å². The highest BCUT2D eigenvalue weighted by molar-refractivity contribution is 5.92. The molecule has 0 aromatic carbocycles. The van der Waals surface area contributed by atoms with E-state index in [1.165, 1.54) is 4.90 Å². The van der Waals surface area contributed by atoms with Gasteiger partial charge in [0.2, 0.25) is 5.88 Å². The predicted octanol–water partition coefficient (Wildman–Crippen LogP) is 3.84. The minimum Gasteiger partial charge on any atom is -0.481 e. The van der Waals surface area contributed by atoms with Crippen LogP contribution in [0.25, 0.3) is 22.4 Å². The monoisotopic (exact) mass is 559 g/mol. The summed E-state index contributed by atoms with van der Waals surface area (Å²) in [5.74, 6) is 1.75. The summed E-state index contributed by atoms with van der Waals surface area (Å²) in [6, 6.07) is 5.74. The lowest BCUT2D eigenvalue weighted by molar-refractivity contribution is -0.0298. The smallest absolute Gasteiger partial charge is 0.407 e. The number of imidazole rings is 1. The van der Waals surface area contributed by atoms with Gasteiger partial charge in [-0.2, -0.15) is 0 Å². The molecule has 2 fully saturated rings. The average Bonchev–Trinajstić information content (AvgIpc) is 3.42. The van der Waals surface area contributed by atoms with Crippen LogP contribution in [0.1, 0.15) is 36.9 Å². The van der Waals surface area contributed by atoms with E-state index in [1.807, 2.05) is 23.8 Å². The standard InChI is InChI=1S/C28H33N9O4/c1-18-32-24(25-27(33-18)37(17-31-25)23-5-3-4-12-41-23)21-13-19(16-35-8-10-36(11-9-35)28(38)39)14-30-26(21)34-20-6-7-22(40-2)29-15-20/h6-7,13-15,17,23H,3-5,8-12,16H2,1-2H3,(H,30,34)(H,38,39). The molecule has 4 aromatic heterocycles. The van der Waals surface area contributed by atoms with Gasteiger partial charge in [-0.3, -0.25) is 9.47 Å². The fourth-order valence-electron chi connectivity index (χ4n) is 5.31. The first-order chi connectivity index (χ1) is 20.0. The number of hydrogen-bond donors (Lipinski definition) is 2. The zero-order valence-corrected chi connectivity index (χ0v) is 23.2. The number of carbonyl (C=O) groups is 1. The predicted molar refractivity (Wildman–Crippen MR) is 151 cm³/mol. The molecule has 0 bridgehead atoms. The second-order valence-electron chi connectivity index (χ2n) is 10.3. The fraction of sp³-hybridized carbons (Fsp3) is 0.429. The molecule has 0 spiro atoms. The number of fused-ring (bicyclic) bond motifs is 1. The molecule has 1 amide bonds. The Labute approximate surface area is 237 Å². The molecule has 13 nitrogen and oxygen atoms in total. The third kappa shape index (κ3) is 5.77. The number of rotatable bonds is 7. The van der Waals surface area contributed by atoms with Crippen LogP contribution in [0.3, 0.4) is 0 Å². The van der Waals surface area contributed by atoms with E-state index >= 15 is 0 Å². The van der Waals surface area contributed by atoms with Crippen LogP contribution in [0.2, 0.25) is 0 Å². The molecule has 2 N–H and O–H groups in total. The maximum absolute atomic E-state index is 11.3. The molecule has 1 unspecified atom stereocenters. The van der Waals surface area contributed by atoms with Crippen LogP contribution in [0.15, 0.2) is 36.9 Å². The number of methoxy groups -OCH3 is 1. The lowest BCUT2D eigenvalue weighted by Gasteiger charge is -2.33. The number of amides is 1. The number of nitrogens with zero attached hydrogens (tertiary/aromatic N) is 8. The van der Waals surface area contributed by atoms with Crippen molar-refractivity contribution in [3.8, 4) is 17.1 Å². The van der Waals surface area contributed by atoms with E-state index in [1.54, 1.807) is 25.7 Å². The normalized spacial score (nSPS) is 18.0. The van der Waals surface area contributed by atoms with Crippen LogP contribution in [-0.2, 0) is 11.3 Å². The molecule has 6 rings (SSSR count). The number of anilines is 2. The zero-order chi connectivity index (χ0) is 28.3. The Morgan fingerprint density at radius 1 is 1.12 bits per heavy atom. The zero-order valence-electron chi connectivity index (χ0n) is 23.2. The molecular formula is C28H33N9O4. The van der Waals surface area contributed by atoms with E-state index < -0.39 is 6.09 Å². The number of ether oxygens (including phenoxy) is 2. The summed E-state index contributed by atoms with van der Waals surface area (Å²) in [6.45, 7) is 5.50. The van der Waals surface area contributed by atoms with Crippen LogP contribution < -0.4 is 10.1 Å². The Hall–Kier alpha value is -4.36. The molecule has 2 aliphatic heterocycles. The third-order valence-corrected chi connectivity index (χ3v) is 7.46. The summed E-state index contributed by atoms with van der Waals surface area (Å²) in [4.78, 5) is 38.5. The van der Waals surface area contributed by atoms with Gasteiger partial charge in [0.1, 0.15) is 29.1 Å². The van der Waals surface area contributed by atoms with Crippen LogP contribution in [0.5, 0.6) is 5.88 Å².